The first kappa shape index (κ1) is 14.5. The number of ether oxygens (including phenoxy) is 1. The number of nitrogens with two attached hydrogens (primary N) is 1. The number of methoxy groups -OCH3 is 1. The Labute approximate surface area is 113 Å². The SMILES string of the molecule is CCC(CCC(C)N)c1ccc(OC)c(Br)c1. The van der Waals surface area contributed by atoms with Gasteiger partial charge in [0.2, 0.25) is 0 Å². The van der Waals surface area contributed by atoms with Crippen LogP contribution in [0.4, 0.5) is 0 Å². The van der Waals surface area contributed by atoms with Crippen molar-refractivity contribution in [3.8, 4) is 5.75 Å². The van der Waals surface area contributed by atoms with Crippen LogP contribution in [-0.2, 0) is 0 Å². The molecule has 0 bridgehead atoms. The van der Waals surface area contributed by atoms with Crippen LogP contribution < -0.4 is 10.5 Å². The van der Waals surface area contributed by atoms with Crippen LogP contribution in [0.15, 0.2) is 22.7 Å². The van der Waals surface area contributed by atoms with Crippen LogP contribution in [0.5, 0.6) is 5.75 Å². The maximum absolute atomic E-state index is 5.82. The van der Waals surface area contributed by atoms with E-state index in [-0.39, 0.29) is 6.04 Å². The average molecular weight is 300 g/mol. The number of hydrogen-bond donors (Lipinski definition) is 1. The third-order valence-corrected chi connectivity index (χ3v) is 3.73. The molecule has 2 atom stereocenters. The zero-order valence-corrected chi connectivity index (χ0v) is 12.5. The lowest BCUT2D eigenvalue weighted by Crippen LogP contribution is -2.15. The van der Waals surface area contributed by atoms with E-state index >= 15 is 0 Å². The van der Waals surface area contributed by atoms with Gasteiger partial charge in [-0.2, -0.15) is 0 Å². The van der Waals surface area contributed by atoms with Gasteiger partial charge in [0.15, 0.2) is 0 Å². The molecule has 2 nitrogen and oxygen atoms in total. The van der Waals surface area contributed by atoms with E-state index in [1.165, 1.54) is 5.56 Å². The van der Waals surface area contributed by atoms with Crippen molar-refractivity contribution in [3.05, 3.63) is 28.2 Å². The lowest BCUT2D eigenvalue weighted by molar-refractivity contribution is 0.411. The molecule has 2 N–H and O–H groups in total. The number of rotatable bonds is 6. The second kappa shape index (κ2) is 7.02. The third-order valence-electron chi connectivity index (χ3n) is 3.11. The highest BCUT2D eigenvalue weighted by Gasteiger charge is 2.12. The molecule has 0 saturated carbocycles. The Hall–Kier alpha value is -0.540. The van der Waals surface area contributed by atoms with E-state index in [9.17, 15) is 0 Å². The van der Waals surface area contributed by atoms with Gasteiger partial charge >= 0.3 is 0 Å². The molecule has 96 valence electrons. The summed E-state index contributed by atoms with van der Waals surface area (Å²) in [7, 11) is 1.69. The van der Waals surface area contributed by atoms with E-state index in [1.807, 2.05) is 6.07 Å². The van der Waals surface area contributed by atoms with E-state index in [2.05, 4.69) is 41.9 Å². The number of benzene rings is 1. The van der Waals surface area contributed by atoms with E-state index in [1.54, 1.807) is 7.11 Å². The van der Waals surface area contributed by atoms with Gasteiger partial charge in [0.25, 0.3) is 0 Å². The lowest BCUT2D eigenvalue weighted by Gasteiger charge is -2.17. The van der Waals surface area contributed by atoms with E-state index < -0.39 is 0 Å². The molecule has 1 aromatic carbocycles. The monoisotopic (exact) mass is 299 g/mol. The summed E-state index contributed by atoms with van der Waals surface area (Å²) in [6.07, 6.45) is 3.36. The zero-order valence-electron chi connectivity index (χ0n) is 10.9. The minimum absolute atomic E-state index is 0.283. The Morgan fingerprint density at radius 1 is 1.35 bits per heavy atom. The van der Waals surface area contributed by atoms with Crippen LogP contribution in [0.1, 0.15) is 44.6 Å². The fourth-order valence-corrected chi connectivity index (χ4v) is 2.57. The first-order valence-electron chi connectivity index (χ1n) is 6.17. The Bertz CT molecular complexity index is 352. The molecular weight excluding hydrogens is 278 g/mol. The van der Waals surface area contributed by atoms with Gasteiger partial charge in [-0.1, -0.05) is 13.0 Å². The largest absolute Gasteiger partial charge is 0.496 e. The summed E-state index contributed by atoms with van der Waals surface area (Å²) in [5.74, 6) is 1.47. The first-order valence-corrected chi connectivity index (χ1v) is 6.96. The van der Waals surface area contributed by atoms with Crippen LogP contribution >= 0.6 is 15.9 Å². The summed E-state index contributed by atoms with van der Waals surface area (Å²) in [4.78, 5) is 0. The van der Waals surface area contributed by atoms with Crippen molar-refractivity contribution in [2.24, 2.45) is 5.73 Å². The second-order valence-electron chi connectivity index (χ2n) is 4.55. The molecule has 0 aliphatic carbocycles. The molecule has 0 aromatic heterocycles. The maximum Gasteiger partial charge on any atom is 0.133 e. The standard InChI is InChI=1S/C14H22BrNO/c1-4-11(6-5-10(2)16)12-7-8-14(17-3)13(15)9-12/h7-11H,4-6,16H2,1-3H3. The van der Waals surface area contributed by atoms with E-state index in [0.717, 1.165) is 29.5 Å². The van der Waals surface area contributed by atoms with Crippen molar-refractivity contribution in [2.75, 3.05) is 7.11 Å². The van der Waals surface area contributed by atoms with Crippen molar-refractivity contribution < 1.29 is 4.74 Å². The van der Waals surface area contributed by atoms with Gasteiger partial charge in [0.05, 0.1) is 11.6 Å². The van der Waals surface area contributed by atoms with Crippen LogP contribution in [0.25, 0.3) is 0 Å². The minimum Gasteiger partial charge on any atom is -0.496 e. The molecule has 0 aliphatic rings. The average Bonchev–Trinajstić information content (AvgIpc) is 2.29. The Morgan fingerprint density at radius 3 is 2.53 bits per heavy atom. The number of halogens is 1. The molecule has 3 heteroatoms. The fraction of sp³-hybridized carbons (Fsp3) is 0.571. The van der Waals surface area contributed by atoms with Crippen LogP contribution in [-0.4, -0.2) is 13.2 Å². The Morgan fingerprint density at radius 2 is 2.06 bits per heavy atom. The predicted molar refractivity (Wildman–Crippen MR) is 76.6 cm³/mol. The van der Waals surface area contributed by atoms with Crippen molar-refractivity contribution >= 4 is 15.9 Å². The highest BCUT2D eigenvalue weighted by molar-refractivity contribution is 9.10. The smallest absolute Gasteiger partial charge is 0.133 e. The molecule has 1 rings (SSSR count). The quantitative estimate of drug-likeness (QED) is 0.859. The van der Waals surface area contributed by atoms with Crippen molar-refractivity contribution in [1.82, 2.24) is 0 Å². The highest BCUT2D eigenvalue weighted by atomic mass is 79.9. The highest BCUT2D eigenvalue weighted by Crippen LogP contribution is 2.32. The van der Waals surface area contributed by atoms with E-state index in [4.69, 9.17) is 10.5 Å². The minimum atomic E-state index is 0.283. The van der Waals surface area contributed by atoms with Crippen LogP contribution in [0, 0.1) is 0 Å². The summed E-state index contributed by atoms with van der Waals surface area (Å²) in [6, 6.07) is 6.62. The molecular formula is C14H22BrNO. The molecule has 0 heterocycles. The van der Waals surface area contributed by atoms with Gasteiger partial charge in [0.1, 0.15) is 5.75 Å². The molecule has 0 saturated heterocycles. The van der Waals surface area contributed by atoms with Crippen molar-refractivity contribution in [1.29, 1.82) is 0 Å². The van der Waals surface area contributed by atoms with Gasteiger partial charge in [-0.15, -0.1) is 0 Å². The van der Waals surface area contributed by atoms with Gasteiger partial charge in [-0.3, -0.25) is 0 Å². The zero-order chi connectivity index (χ0) is 12.8. The first-order chi connectivity index (χ1) is 8.08. The number of hydrogen-bond acceptors (Lipinski definition) is 2. The molecule has 1 aromatic rings. The molecule has 0 amide bonds. The Balaban J connectivity index is 2.78. The van der Waals surface area contributed by atoms with Gasteiger partial charge in [-0.05, 0) is 65.7 Å². The van der Waals surface area contributed by atoms with Crippen LogP contribution in [0.2, 0.25) is 0 Å². The summed E-state index contributed by atoms with van der Waals surface area (Å²) >= 11 is 3.54. The van der Waals surface area contributed by atoms with Gasteiger partial charge in [0, 0.05) is 6.04 Å². The van der Waals surface area contributed by atoms with Crippen LogP contribution in [0.3, 0.4) is 0 Å². The summed E-state index contributed by atoms with van der Waals surface area (Å²) < 4.78 is 6.27. The summed E-state index contributed by atoms with van der Waals surface area (Å²) in [6.45, 7) is 4.29. The predicted octanol–water partition coefficient (Wildman–Crippen LogP) is 4.08. The van der Waals surface area contributed by atoms with E-state index in [0.29, 0.717) is 5.92 Å². The normalized spacial score (nSPS) is 14.4. The summed E-state index contributed by atoms with van der Waals surface area (Å²) in [5.41, 5.74) is 7.18. The fourth-order valence-electron chi connectivity index (χ4n) is 2.01. The Kier molecular flexibility index (Phi) is 6.00. The summed E-state index contributed by atoms with van der Waals surface area (Å²) in [5, 5.41) is 0. The molecule has 0 spiro atoms. The molecule has 17 heavy (non-hydrogen) atoms. The molecule has 0 aliphatic heterocycles. The topological polar surface area (TPSA) is 35.2 Å². The molecule has 0 fully saturated rings. The maximum atomic E-state index is 5.82. The van der Waals surface area contributed by atoms with Gasteiger partial charge < -0.3 is 10.5 Å². The van der Waals surface area contributed by atoms with Gasteiger partial charge in [-0.25, -0.2) is 0 Å². The second-order valence-corrected chi connectivity index (χ2v) is 5.41. The third kappa shape index (κ3) is 4.32. The molecule has 0 radical (unpaired) electrons. The lowest BCUT2D eigenvalue weighted by atomic mass is 9.90. The van der Waals surface area contributed by atoms with Crippen molar-refractivity contribution in [2.45, 2.75) is 45.1 Å². The molecule has 2 unspecified atom stereocenters. The van der Waals surface area contributed by atoms with Crippen molar-refractivity contribution in [3.63, 3.8) is 0 Å².